The second-order valence-corrected chi connectivity index (χ2v) is 14.2. The third-order valence-corrected chi connectivity index (χ3v) is 12.6. The number of nitrogens with zero attached hydrogens (tertiary/aromatic N) is 1. The van der Waals surface area contributed by atoms with Crippen molar-refractivity contribution in [2.45, 2.75) is 104 Å². The van der Waals surface area contributed by atoms with Gasteiger partial charge in [0.05, 0.1) is 0 Å². The Morgan fingerprint density at radius 1 is 0.893 bits per heavy atom. The standard InChI is InChI=1S/C25H42INO/c1-18(2)19-9-15-22(16-10-19)27(17-26-27)25(7,8)23(3,4)20-11-13-21(14-12-20)24(5,6)28/h11-14,18-19,22,28H,9-10,15-17H2,1-8H3. The molecule has 2 aliphatic rings. The van der Waals surface area contributed by atoms with Gasteiger partial charge in [0.2, 0.25) is 0 Å². The summed E-state index contributed by atoms with van der Waals surface area (Å²) in [4.78, 5) is 0. The van der Waals surface area contributed by atoms with Gasteiger partial charge < -0.3 is 0 Å². The molecule has 1 aromatic rings. The van der Waals surface area contributed by atoms with Crippen LogP contribution in [0.15, 0.2) is 24.3 Å². The molecule has 0 radical (unpaired) electrons. The number of halogens is 1. The van der Waals surface area contributed by atoms with Crippen LogP contribution in [0.1, 0.15) is 92.2 Å². The third-order valence-electron chi connectivity index (χ3n) is 8.41. The molecule has 1 aromatic carbocycles. The zero-order valence-corrected chi connectivity index (χ0v) is 21.5. The quantitative estimate of drug-likeness (QED) is 0.210. The molecule has 28 heavy (non-hydrogen) atoms. The number of alkyl halides is 1. The molecule has 160 valence electrons. The summed E-state index contributed by atoms with van der Waals surface area (Å²) in [6.45, 7) is 18.5. The number of hydrogen-bond acceptors (Lipinski definition) is 1. The van der Waals surface area contributed by atoms with Gasteiger partial charge in [0.25, 0.3) is 0 Å². The van der Waals surface area contributed by atoms with Crippen LogP contribution in [0.25, 0.3) is 0 Å². The molecule has 3 rings (SSSR count). The molecule has 0 spiro atoms. The third kappa shape index (κ3) is 3.80. The fraction of sp³-hybridized carbons (Fsp3) is 0.760. The fourth-order valence-corrected chi connectivity index (χ4v) is 9.61. The average Bonchev–Trinajstić information content (AvgIpc) is 3.43. The van der Waals surface area contributed by atoms with E-state index in [1.54, 1.807) is 0 Å². The first-order chi connectivity index (χ1) is 12.8. The first-order valence-electron chi connectivity index (χ1n) is 11.2. The van der Waals surface area contributed by atoms with Crippen LogP contribution in [0.5, 0.6) is 0 Å². The normalized spacial score (nSPS) is 29.5. The van der Waals surface area contributed by atoms with E-state index < -0.39 is 5.60 Å². The van der Waals surface area contributed by atoms with Crippen molar-refractivity contribution < 1.29 is 29.3 Å². The van der Waals surface area contributed by atoms with E-state index in [0.717, 1.165) is 23.4 Å². The van der Waals surface area contributed by atoms with E-state index in [2.05, 4.69) is 65.8 Å². The van der Waals surface area contributed by atoms with Gasteiger partial charge in [-0.3, -0.25) is 0 Å². The SMILES string of the molecule is CC(C)C1CCC([N+]2(C(C)(C)C(C)(C)c3ccc(C(C)(C)O)cc3)C[I-]2)CC1. The van der Waals surface area contributed by atoms with Gasteiger partial charge in [-0.2, -0.15) is 0 Å². The minimum atomic E-state index is -0.771. The fourth-order valence-electron chi connectivity index (χ4n) is 5.30. The summed E-state index contributed by atoms with van der Waals surface area (Å²) in [7, 11) is 0. The van der Waals surface area contributed by atoms with Crippen LogP contribution >= 0.6 is 0 Å². The van der Waals surface area contributed by atoms with Crippen LogP contribution in [0.3, 0.4) is 0 Å². The Labute approximate surface area is 184 Å². The molecule has 2 nitrogen and oxygen atoms in total. The van der Waals surface area contributed by atoms with Crippen molar-refractivity contribution in [2.24, 2.45) is 11.8 Å². The number of quaternary nitrogens is 1. The van der Waals surface area contributed by atoms with E-state index in [4.69, 9.17) is 0 Å². The van der Waals surface area contributed by atoms with Gasteiger partial charge in [-0.05, 0) is 0 Å². The summed E-state index contributed by atoms with van der Waals surface area (Å²) in [5.74, 6) is 1.79. The maximum absolute atomic E-state index is 10.3. The van der Waals surface area contributed by atoms with Crippen LogP contribution < -0.4 is 21.5 Å². The van der Waals surface area contributed by atoms with Crippen LogP contribution in [0.4, 0.5) is 0 Å². The molecule has 3 heteroatoms. The first-order valence-corrected chi connectivity index (χ1v) is 13.6. The number of benzene rings is 1. The van der Waals surface area contributed by atoms with Gasteiger partial charge in [-0.1, -0.05) is 0 Å². The summed E-state index contributed by atoms with van der Waals surface area (Å²) in [6, 6.07) is 9.67. The Morgan fingerprint density at radius 3 is 1.75 bits per heavy atom. The van der Waals surface area contributed by atoms with Gasteiger partial charge in [-0.15, -0.1) is 0 Å². The zero-order valence-electron chi connectivity index (χ0n) is 19.3. The van der Waals surface area contributed by atoms with Crippen molar-refractivity contribution in [1.29, 1.82) is 0 Å². The summed E-state index contributed by atoms with van der Waals surface area (Å²) >= 11 is 0.256. The number of aliphatic hydroxyl groups is 1. The van der Waals surface area contributed by atoms with Gasteiger partial charge >= 0.3 is 185 Å². The molecule has 1 unspecified atom stereocenters. The van der Waals surface area contributed by atoms with Crippen LogP contribution in [-0.2, 0) is 11.0 Å². The van der Waals surface area contributed by atoms with Crippen molar-refractivity contribution >= 4 is 0 Å². The molecular formula is C25H42INO. The van der Waals surface area contributed by atoms with Gasteiger partial charge in [0.1, 0.15) is 0 Å². The van der Waals surface area contributed by atoms with Crippen molar-refractivity contribution in [1.82, 2.24) is 0 Å². The van der Waals surface area contributed by atoms with E-state index in [1.807, 2.05) is 13.8 Å². The van der Waals surface area contributed by atoms with E-state index in [9.17, 15) is 5.11 Å². The zero-order chi connectivity index (χ0) is 21.0. The summed E-state index contributed by atoms with van der Waals surface area (Å²) in [6.07, 6.45) is 5.73. The second-order valence-electron chi connectivity index (χ2n) is 11.1. The minimum absolute atomic E-state index is 0.107. The second kappa shape index (κ2) is 7.53. The summed E-state index contributed by atoms with van der Waals surface area (Å²) < 4.78 is 2.87. The van der Waals surface area contributed by atoms with E-state index in [-0.39, 0.29) is 32.4 Å². The monoisotopic (exact) mass is 499 g/mol. The molecule has 1 saturated carbocycles. The number of hydrogen-bond donors (Lipinski definition) is 1. The van der Waals surface area contributed by atoms with Crippen LogP contribution in [0.2, 0.25) is 0 Å². The molecule has 1 N–H and O–H groups in total. The molecule has 2 fully saturated rings. The summed E-state index contributed by atoms with van der Waals surface area (Å²) in [5.41, 5.74) is 1.99. The molecule has 1 aliphatic heterocycles. The van der Waals surface area contributed by atoms with Crippen LogP contribution in [0, 0.1) is 11.8 Å². The predicted octanol–water partition coefficient (Wildman–Crippen LogP) is 2.98. The van der Waals surface area contributed by atoms with E-state index >= 15 is 0 Å². The van der Waals surface area contributed by atoms with Gasteiger partial charge in [-0.25, -0.2) is 0 Å². The Kier molecular flexibility index (Phi) is 6.06. The summed E-state index contributed by atoms with van der Waals surface area (Å²) in [5, 5.41) is 10.3. The van der Waals surface area contributed by atoms with Crippen molar-refractivity contribution in [2.75, 3.05) is 4.55 Å². The van der Waals surface area contributed by atoms with Gasteiger partial charge in [0.15, 0.2) is 0 Å². The number of rotatable bonds is 6. The molecule has 1 saturated heterocycles. The Bertz CT molecular complexity index is 671. The predicted molar refractivity (Wildman–Crippen MR) is 115 cm³/mol. The molecular weight excluding hydrogens is 457 g/mol. The average molecular weight is 500 g/mol. The molecule has 0 aromatic heterocycles. The van der Waals surface area contributed by atoms with Crippen molar-refractivity contribution in [3.8, 4) is 0 Å². The van der Waals surface area contributed by atoms with E-state index in [0.29, 0.717) is 0 Å². The molecule has 1 heterocycles. The van der Waals surface area contributed by atoms with E-state index in [1.165, 1.54) is 38.5 Å². The van der Waals surface area contributed by atoms with Crippen LogP contribution in [-0.4, -0.2) is 23.9 Å². The Morgan fingerprint density at radius 2 is 1.36 bits per heavy atom. The van der Waals surface area contributed by atoms with Crippen molar-refractivity contribution in [3.63, 3.8) is 0 Å². The molecule has 0 amide bonds. The molecule has 1 aliphatic carbocycles. The Hall–Kier alpha value is -0.130. The maximum atomic E-state index is 10.3. The molecule has 0 bridgehead atoms. The first kappa shape index (κ1) is 22.6. The van der Waals surface area contributed by atoms with Crippen molar-refractivity contribution in [3.05, 3.63) is 35.4 Å². The Balaban J connectivity index is 1.82. The van der Waals surface area contributed by atoms with Gasteiger partial charge in [0, 0.05) is 0 Å². The molecule has 1 atom stereocenters. The topological polar surface area (TPSA) is 20.2 Å².